The van der Waals surface area contributed by atoms with E-state index in [0.717, 1.165) is 5.69 Å². The van der Waals surface area contributed by atoms with Gasteiger partial charge >= 0.3 is 0 Å². The van der Waals surface area contributed by atoms with Gasteiger partial charge in [0, 0.05) is 12.7 Å². The molecule has 0 bridgehead atoms. The normalized spacial score (nSPS) is 16.6. The van der Waals surface area contributed by atoms with Crippen LogP contribution in [0.5, 0.6) is 0 Å². The fourth-order valence-electron chi connectivity index (χ4n) is 3.17. The van der Waals surface area contributed by atoms with Crippen LogP contribution in [0.4, 0.5) is 17.1 Å². The average Bonchev–Trinajstić information content (AvgIpc) is 2.75. The summed E-state index contributed by atoms with van der Waals surface area (Å²) in [5.74, 6) is 0. The first-order valence-corrected chi connectivity index (χ1v) is 7.58. The summed E-state index contributed by atoms with van der Waals surface area (Å²) in [5, 5.41) is 9.20. The van der Waals surface area contributed by atoms with Crippen LogP contribution in [-0.4, -0.2) is 13.2 Å². The highest BCUT2D eigenvalue weighted by molar-refractivity contribution is 5.84. The summed E-state index contributed by atoms with van der Waals surface area (Å²) in [6.45, 7) is 8.66. The lowest BCUT2D eigenvalue weighted by Gasteiger charge is -2.28. The number of nitrogens with zero attached hydrogens (tertiary/aromatic N) is 3. The molecule has 1 atom stereocenters. The lowest BCUT2D eigenvalue weighted by Crippen LogP contribution is -2.35. The van der Waals surface area contributed by atoms with Gasteiger partial charge in [-0.2, -0.15) is 5.26 Å². The maximum atomic E-state index is 9.20. The maximum Gasteiger partial charge on any atom is 0.103 e. The van der Waals surface area contributed by atoms with Gasteiger partial charge in [-0.1, -0.05) is 0 Å². The molecule has 0 radical (unpaired) electrons. The number of benzene rings is 2. The molecule has 0 fully saturated rings. The number of rotatable bonds is 1. The van der Waals surface area contributed by atoms with E-state index < -0.39 is 0 Å². The van der Waals surface area contributed by atoms with Gasteiger partial charge < -0.3 is 9.80 Å². The van der Waals surface area contributed by atoms with E-state index in [4.69, 9.17) is 0 Å². The van der Waals surface area contributed by atoms with Crippen molar-refractivity contribution in [2.24, 2.45) is 0 Å². The number of hydrogen-bond acceptors (Lipinski definition) is 3. The Balaban J connectivity index is 2.19. The maximum absolute atomic E-state index is 9.20. The summed E-state index contributed by atoms with van der Waals surface area (Å²) in [7, 11) is 2.10. The van der Waals surface area contributed by atoms with E-state index in [1.54, 1.807) is 0 Å². The highest BCUT2D eigenvalue weighted by Crippen LogP contribution is 2.44. The predicted molar refractivity (Wildman–Crippen MR) is 91.8 cm³/mol. The number of nitriles is 1. The van der Waals surface area contributed by atoms with Crippen LogP contribution < -0.4 is 9.80 Å². The van der Waals surface area contributed by atoms with Crippen LogP contribution in [0.15, 0.2) is 30.3 Å². The monoisotopic (exact) mass is 291 g/mol. The lowest BCUT2D eigenvalue weighted by atomic mass is 10.0. The molecule has 22 heavy (non-hydrogen) atoms. The fourth-order valence-corrected chi connectivity index (χ4v) is 3.17. The molecule has 1 aliphatic rings. The minimum absolute atomic E-state index is 0.227. The second-order valence-electron chi connectivity index (χ2n) is 6.13. The topological polar surface area (TPSA) is 30.3 Å². The summed E-state index contributed by atoms with van der Waals surface area (Å²) >= 11 is 0. The first kappa shape index (κ1) is 14.5. The average molecular weight is 291 g/mol. The fraction of sp³-hybridized carbons (Fsp3) is 0.316. The van der Waals surface area contributed by atoms with Gasteiger partial charge in [0.05, 0.1) is 23.0 Å². The van der Waals surface area contributed by atoms with Gasteiger partial charge in [-0.25, -0.2) is 0 Å². The molecule has 0 aliphatic carbocycles. The SMILES string of the molecule is Cc1cc(N2c3cc(C#N)ccc3N(C)[C@@H]2C)cc(C)c1C. The Morgan fingerprint density at radius 1 is 1.00 bits per heavy atom. The highest BCUT2D eigenvalue weighted by Gasteiger charge is 2.31. The van der Waals surface area contributed by atoms with Crippen molar-refractivity contribution in [2.75, 3.05) is 16.8 Å². The summed E-state index contributed by atoms with van der Waals surface area (Å²) < 4.78 is 0. The number of aryl methyl sites for hydroxylation is 2. The standard InChI is InChI=1S/C19H21N3/c1-12-8-17(9-13(2)14(12)3)22-15(4)21(5)18-7-6-16(11-20)10-19(18)22/h6-10,15H,1-5H3/t15-/m0/s1. The molecule has 0 amide bonds. The second kappa shape index (κ2) is 5.06. The molecule has 0 N–H and O–H groups in total. The molecular formula is C19H21N3. The molecule has 112 valence electrons. The molecule has 0 saturated heterocycles. The van der Waals surface area contributed by atoms with Crippen LogP contribution in [0.25, 0.3) is 0 Å². The Hall–Kier alpha value is -2.47. The zero-order chi connectivity index (χ0) is 16.0. The molecular weight excluding hydrogens is 270 g/mol. The van der Waals surface area contributed by atoms with Gasteiger partial charge in [0.2, 0.25) is 0 Å². The summed E-state index contributed by atoms with van der Waals surface area (Å²) in [6, 6.07) is 12.6. The lowest BCUT2D eigenvalue weighted by molar-refractivity contribution is 0.733. The van der Waals surface area contributed by atoms with E-state index in [-0.39, 0.29) is 6.17 Å². The Kier molecular flexibility index (Phi) is 3.33. The summed E-state index contributed by atoms with van der Waals surface area (Å²) in [4.78, 5) is 4.57. The molecule has 0 spiro atoms. The minimum atomic E-state index is 0.227. The third-order valence-electron chi connectivity index (χ3n) is 4.87. The smallest absolute Gasteiger partial charge is 0.103 e. The van der Waals surface area contributed by atoms with Crippen molar-refractivity contribution in [2.45, 2.75) is 33.9 Å². The Morgan fingerprint density at radius 3 is 2.23 bits per heavy atom. The van der Waals surface area contributed by atoms with Crippen LogP contribution in [0, 0.1) is 32.1 Å². The molecule has 1 aliphatic heterocycles. The number of hydrogen-bond donors (Lipinski definition) is 0. The summed E-state index contributed by atoms with van der Waals surface area (Å²) in [5.41, 5.74) is 8.11. The van der Waals surface area contributed by atoms with E-state index in [9.17, 15) is 5.26 Å². The Morgan fingerprint density at radius 2 is 1.64 bits per heavy atom. The Bertz CT molecular complexity index is 763. The van der Waals surface area contributed by atoms with E-state index in [1.807, 2.05) is 18.2 Å². The van der Waals surface area contributed by atoms with Crippen LogP contribution >= 0.6 is 0 Å². The second-order valence-corrected chi connectivity index (χ2v) is 6.13. The molecule has 2 aromatic carbocycles. The molecule has 0 saturated carbocycles. The van der Waals surface area contributed by atoms with Gasteiger partial charge in [0.1, 0.15) is 6.17 Å². The van der Waals surface area contributed by atoms with Crippen molar-refractivity contribution in [1.29, 1.82) is 5.26 Å². The van der Waals surface area contributed by atoms with E-state index in [1.165, 1.54) is 28.1 Å². The summed E-state index contributed by atoms with van der Waals surface area (Å²) in [6.07, 6.45) is 0.227. The van der Waals surface area contributed by atoms with Crippen LogP contribution in [0.1, 0.15) is 29.2 Å². The zero-order valence-corrected chi connectivity index (χ0v) is 13.8. The molecule has 3 heteroatoms. The van der Waals surface area contributed by atoms with E-state index in [2.05, 4.69) is 62.7 Å². The van der Waals surface area contributed by atoms with Crippen LogP contribution in [0.2, 0.25) is 0 Å². The van der Waals surface area contributed by atoms with Crippen molar-refractivity contribution < 1.29 is 0 Å². The van der Waals surface area contributed by atoms with Gasteiger partial charge in [-0.3, -0.25) is 0 Å². The van der Waals surface area contributed by atoms with Crippen molar-refractivity contribution in [3.8, 4) is 6.07 Å². The highest BCUT2D eigenvalue weighted by atomic mass is 15.4. The van der Waals surface area contributed by atoms with Gasteiger partial charge in [-0.05, 0) is 74.7 Å². The van der Waals surface area contributed by atoms with Gasteiger partial charge in [-0.15, -0.1) is 0 Å². The third kappa shape index (κ3) is 2.03. The van der Waals surface area contributed by atoms with E-state index >= 15 is 0 Å². The molecule has 3 nitrogen and oxygen atoms in total. The van der Waals surface area contributed by atoms with Crippen LogP contribution in [0.3, 0.4) is 0 Å². The van der Waals surface area contributed by atoms with Crippen molar-refractivity contribution >= 4 is 17.1 Å². The zero-order valence-electron chi connectivity index (χ0n) is 13.8. The number of anilines is 3. The van der Waals surface area contributed by atoms with Crippen LogP contribution in [-0.2, 0) is 0 Å². The van der Waals surface area contributed by atoms with Gasteiger partial charge in [0.25, 0.3) is 0 Å². The first-order chi connectivity index (χ1) is 10.4. The van der Waals surface area contributed by atoms with Crippen molar-refractivity contribution in [1.82, 2.24) is 0 Å². The molecule has 0 aromatic heterocycles. The molecule has 3 rings (SSSR count). The van der Waals surface area contributed by atoms with Crippen molar-refractivity contribution in [3.63, 3.8) is 0 Å². The first-order valence-electron chi connectivity index (χ1n) is 7.58. The van der Waals surface area contributed by atoms with Crippen molar-refractivity contribution in [3.05, 3.63) is 52.6 Å². The predicted octanol–water partition coefficient (Wildman–Crippen LogP) is 4.42. The number of fused-ring (bicyclic) bond motifs is 1. The van der Waals surface area contributed by atoms with Gasteiger partial charge in [0.15, 0.2) is 0 Å². The quantitative estimate of drug-likeness (QED) is 0.779. The van der Waals surface area contributed by atoms with E-state index in [0.29, 0.717) is 5.56 Å². The largest absolute Gasteiger partial charge is 0.353 e. The Labute approximate surface area is 132 Å². The molecule has 2 aromatic rings. The minimum Gasteiger partial charge on any atom is -0.353 e. The third-order valence-corrected chi connectivity index (χ3v) is 4.87. The molecule has 1 heterocycles. The molecule has 0 unspecified atom stereocenters.